The molecule has 1 aromatic carbocycles. The van der Waals surface area contributed by atoms with Gasteiger partial charge in [-0.3, -0.25) is 9.69 Å². The van der Waals surface area contributed by atoms with Gasteiger partial charge in [-0.2, -0.15) is 4.89 Å². The van der Waals surface area contributed by atoms with Gasteiger partial charge in [0.15, 0.2) is 6.16 Å². The fourth-order valence-corrected chi connectivity index (χ4v) is 5.83. The highest BCUT2D eigenvalue weighted by atomic mass is 35.5. The predicted octanol–water partition coefficient (Wildman–Crippen LogP) is 7.31. The van der Waals surface area contributed by atoms with Gasteiger partial charge in [-0.15, -0.1) is 0 Å². The summed E-state index contributed by atoms with van der Waals surface area (Å²) < 4.78 is 22.3. The first kappa shape index (κ1) is 32.8. The molecule has 6 atom stereocenters. The molecule has 0 spiro atoms. The van der Waals surface area contributed by atoms with Gasteiger partial charge in [0.25, 0.3) is 6.29 Å². The van der Waals surface area contributed by atoms with Crippen molar-refractivity contribution < 1.29 is 33.6 Å². The van der Waals surface area contributed by atoms with Gasteiger partial charge in [0, 0.05) is 11.8 Å². The number of rotatable bonds is 12. The van der Waals surface area contributed by atoms with E-state index >= 15 is 0 Å². The Morgan fingerprint density at radius 2 is 1.74 bits per heavy atom. The van der Waals surface area contributed by atoms with Gasteiger partial charge in [0.1, 0.15) is 6.23 Å². The Hall–Kier alpha value is -1.44. The molecule has 0 bridgehead atoms. The van der Waals surface area contributed by atoms with Crippen LogP contribution in [0, 0.1) is 23.7 Å². The van der Waals surface area contributed by atoms with Crippen molar-refractivity contribution >= 4 is 43.3 Å². The molecule has 0 saturated heterocycles. The van der Waals surface area contributed by atoms with Gasteiger partial charge in [-0.1, -0.05) is 69.8 Å². The highest BCUT2D eigenvalue weighted by Crippen LogP contribution is 2.37. The van der Waals surface area contributed by atoms with Crippen LogP contribution in [0.25, 0.3) is 0 Å². The van der Waals surface area contributed by atoms with Crippen molar-refractivity contribution in [3.05, 3.63) is 33.8 Å². The third-order valence-corrected chi connectivity index (χ3v) is 8.55. The molecule has 2 rings (SSSR count). The molecular weight excluding hydrogens is 552 g/mol. The zero-order valence-electron chi connectivity index (χ0n) is 22.8. The van der Waals surface area contributed by atoms with Crippen LogP contribution in [0.1, 0.15) is 84.7 Å². The third-order valence-electron chi connectivity index (χ3n) is 6.98. The van der Waals surface area contributed by atoms with E-state index in [2.05, 4.69) is 0 Å². The average molecular weight is 594 g/mol. The number of aliphatic hydroxyl groups excluding tert-OH is 1. The number of hydrogen-bond acceptors (Lipinski definition) is 6. The molecule has 11 heteroatoms. The second-order valence-electron chi connectivity index (χ2n) is 10.8. The number of amides is 1. The molecule has 38 heavy (non-hydrogen) atoms. The number of benzene rings is 1. The summed E-state index contributed by atoms with van der Waals surface area (Å²) in [5.74, 6) is -0.712. The summed E-state index contributed by atoms with van der Waals surface area (Å²) in [6.07, 6.45) is 1.81. The van der Waals surface area contributed by atoms with Crippen molar-refractivity contribution in [2.24, 2.45) is 23.7 Å². The van der Waals surface area contributed by atoms with Gasteiger partial charge in [-0.25, -0.2) is 4.79 Å². The van der Waals surface area contributed by atoms with Gasteiger partial charge in [-0.05, 0) is 60.8 Å². The minimum absolute atomic E-state index is 0.193. The van der Waals surface area contributed by atoms with Gasteiger partial charge >= 0.3 is 20.1 Å². The maximum absolute atomic E-state index is 13.5. The zero-order valence-corrected chi connectivity index (χ0v) is 25.2. The van der Waals surface area contributed by atoms with Crippen molar-refractivity contribution in [2.75, 3.05) is 6.16 Å². The molecule has 1 amide bonds. The smallest absolute Gasteiger partial charge is 0.425 e. The number of ether oxygens (including phenoxy) is 2. The number of esters is 1. The van der Waals surface area contributed by atoms with E-state index in [0.29, 0.717) is 34.6 Å². The maximum Gasteiger partial charge on any atom is 0.505 e. The highest BCUT2D eigenvalue weighted by molar-refractivity contribution is 7.38. The average Bonchev–Trinajstić information content (AvgIpc) is 2.83. The van der Waals surface area contributed by atoms with Gasteiger partial charge < -0.3 is 14.6 Å². The van der Waals surface area contributed by atoms with Crippen molar-refractivity contribution in [3.8, 4) is 0 Å². The Labute approximate surface area is 236 Å². The summed E-state index contributed by atoms with van der Waals surface area (Å²) in [6, 6.07) is 4.37. The molecule has 5 unspecified atom stereocenters. The lowest BCUT2D eigenvalue weighted by molar-refractivity contribution is -0.182. The Morgan fingerprint density at radius 3 is 2.32 bits per heavy atom. The fraction of sp³-hybridized carbons (Fsp3) is 0.704. The van der Waals surface area contributed by atoms with Gasteiger partial charge in [0.05, 0.1) is 22.0 Å². The van der Waals surface area contributed by atoms with E-state index in [1.807, 2.05) is 0 Å². The van der Waals surface area contributed by atoms with E-state index in [9.17, 15) is 24.2 Å². The summed E-state index contributed by atoms with van der Waals surface area (Å²) in [6.45, 7) is 8.68. The lowest BCUT2D eigenvalue weighted by Crippen LogP contribution is -2.45. The molecule has 0 aliphatic heterocycles. The largest absolute Gasteiger partial charge is 0.505 e. The summed E-state index contributed by atoms with van der Waals surface area (Å²) in [5, 5.41) is 12.0. The van der Waals surface area contributed by atoms with Crippen LogP contribution in [0.4, 0.5) is 4.79 Å². The summed E-state index contributed by atoms with van der Waals surface area (Å²) >= 11 is 12.3. The molecule has 0 aromatic heterocycles. The molecule has 214 valence electrons. The standard InChI is InChI=1S/C27H40Cl2NO7P/c1-16(2)25(32)36-26(17(3)4)37-27(33)30(18(5)21-10-11-22(28)23(29)14-21)24(31)12-9-19-7-6-8-20(13-19)15-38(34)35/h10-11,14,16-20,24,26,31H,6-9,12-13,15H2,1-5H3/p+1/t18?,19?,20-,24?,26?/m0/s1. The predicted molar refractivity (Wildman–Crippen MR) is 148 cm³/mol. The van der Waals surface area contributed by atoms with E-state index in [0.717, 1.165) is 25.7 Å². The quantitative estimate of drug-likeness (QED) is 0.148. The third kappa shape index (κ3) is 9.95. The monoisotopic (exact) mass is 592 g/mol. The number of nitrogens with zero attached hydrogens (tertiary/aromatic N) is 1. The zero-order chi connectivity index (χ0) is 28.6. The molecule has 1 saturated carbocycles. The van der Waals surface area contributed by atoms with Crippen LogP contribution in [0.3, 0.4) is 0 Å². The normalized spacial score (nSPS) is 20.6. The van der Waals surface area contributed by atoms with E-state index in [1.165, 1.54) is 4.90 Å². The van der Waals surface area contributed by atoms with E-state index in [-0.39, 0.29) is 17.8 Å². The van der Waals surface area contributed by atoms with Crippen LogP contribution < -0.4 is 0 Å². The molecule has 0 radical (unpaired) electrons. The molecule has 8 nitrogen and oxygen atoms in total. The topological polar surface area (TPSA) is 113 Å². The van der Waals surface area contributed by atoms with E-state index in [1.54, 1.807) is 52.8 Å². The summed E-state index contributed by atoms with van der Waals surface area (Å²) in [4.78, 5) is 36.2. The number of aliphatic hydroxyl groups is 1. The van der Waals surface area contributed by atoms with Crippen molar-refractivity contribution in [1.82, 2.24) is 4.90 Å². The van der Waals surface area contributed by atoms with E-state index in [4.69, 9.17) is 32.7 Å². The Balaban J connectivity index is 2.22. The van der Waals surface area contributed by atoms with Crippen LogP contribution >= 0.6 is 31.2 Å². The molecule has 1 fully saturated rings. The summed E-state index contributed by atoms with van der Waals surface area (Å²) in [7, 11) is -2.17. The SMILES string of the molecule is CC(C)C(=O)OC(OC(=O)N(C(O)CCC1CCC[C@H](C[P+](=O)O)C1)C(C)c1ccc(Cl)c(Cl)c1)C(C)C. The highest BCUT2D eigenvalue weighted by Gasteiger charge is 2.35. The van der Waals surface area contributed by atoms with Crippen LogP contribution in [0.15, 0.2) is 18.2 Å². The van der Waals surface area contributed by atoms with Crippen LogP contribution in [0.2, 0.25) is 10.0 Å². The molecular formula is C27H41Cl2NO7P+. The molecule has 1 aromatic rings. The van der Waals surface area contributed by atoms with Crippen LogP contribution in [0.5, 0.6) is 0 Å². The van der Waals surface area contributed by atoms with Crippen molar-refractivity contribution in [3.63, 3.8) is 0 Å². The molecule has 1 aliphatic rings. The Kier molecular flexibility index (Phi) is 13.3. The molecule has 1 aliphatic carbocycles. The number of carbonyl (C=O) groups is 2. The van der Waals surface area contributed by atoms with Crippen LogP contribution in [-0.2, 0) is 18.8 Å². The van der Waals surface area contributed by atoms with Crippen molar-refractivity contribution in [1.29, 1.82) is 0 Å². The summed E-state index contributed by atoms with van der Waals surface area (Å²) in [5.41, 5.74) is 0.653. The molecule has 2 N–H and O–H groups in total. The first-order valence-corrected chi connectivity index (χ1v) is 15.4. The second kappa shape index (κ2) is 15.4. The first-order valence-electron chi connectivity index (χ1n) is 13.3. The second-order valence-corrected chi connectivity index (χ2v) is 12.7. The van der Waals surface area contributed by atoms with Crippen LogP contribution in [-0.4, -0.2) is 45.6 Å². The Bertz CT molecular complexity index is 961. The number of carbonyl (C=O) groups excluding carboxylic acids is 2. The first-order chi connectivity index (χ1) is 17.8. The minimum Gasteiger partial charge on any atom is -0.425 e. The lowest BCUT2D eigenvalue weighted by atomic mass is 9.80. The van der Waals surface area contributed by atoms with Gasteiger partial charge in [0.2, 0.25) is 0 Å². The molecule has 0 heterocycles. The number of hydrogen-bond donors (Lipinski definition) is 2. The maximum atomic E-state index is 13.5. The van der Waals surface area contributed by atoms with Crippen molar-refractivity contribution in [2.45, 2.75) is 91.7 Å². The Morgan fingerprint density at radius 1 is 1.08 bits per heavy atom. The lowest BCUT2D eigenvalue weighted by Gasteiger charge is -2.36. The number of halogens is 2. The fourth-order valence-electron chi connectivity index (χ4n) is 4.75. The minimum atomic E-state index is -2.17. The van der Waals surface area contributed by atoms with E-state index < -0.39 is 44.6 Å².